The molecule has 1 aromatic rings. The van der Waals surface area contributed by atoms with Gasteiger partial charge >= 0.3 is 5.97 Å². The van der Waals surface area contributed by atoms with E-state index in [1.54, 1.807) is 6.92 Å². The summed E-state index contributed by atoms with van der Waals surface area (Å²) in [6.45, 7) is 6.17. The van der Waals surface area contributed by atoms with Crippen molar-refractivity contribution in [1.82, 2.24) is 10.3 Å². The molecule has 1 unspecified atom stereocenters. The molecule has 0 aliphatic heterocycles. The predicted molar refractivity (Wildman–Crippen MR) is 83.3 cm³/mol. The smallest absolute Gasteiger partial charge is 0.308 e. The van der Waals surface area contributed by atoms with Crippen molar-refractivity contribution >= 4 is 23.5 Å². The normalized spacial score (nSPS) is 12.0. The van der Waals surface area contributed by atoms with Gasteiger partial charge in [-0.25, -0.2) is 4.98 Å². The van der Waals surface area contributed by atoms with Crippen molar-refractivity contribution in [2.24, 2.45) is 11.8 Å². The van der Waals surface area contributed by atoms with Crippen LogP contribution in [0, 0.1) is 11.8 Å². The van der Waals surface area contributed by atoms with Crippen molar-refractivity contribution in [3.05, 3.63) is 22.8 Å². The van der Waals surface area contributed by atoms with Crippen LogP contribution in [0.4, 0.5) is 0 Å². The van der Waals surface area contributed by atoms with Gasteiger partial charge in [0.25, 0.3) is 5.91 Å². The molecule has 7 heteroatoms. The van der Waals surface area contributed by atoms with Gasteiger partial charge in [-0.3, -0.25) is 9.59 Å². The summed E-state index contributed by atoms with van der Waals surface area (Å²) in [6, 6.07) is 1.45. The number of halogens is 1. The van der Waals surface area contributed by atoms with Crippen LogP contribution in [0.3, 0.4) is 0 Å². The summed E-state index contributed by atoms with van der Waals surface area (Å²) in [5.74, 6) is -1.44. The molecular weight excluding hydrogens is 308 g/mol. The number of amides is 1. The van der Waals surface area contributed by atoms with Gasteiger partial charge in [-0.2, -0.15) is 0 Å². The first-order chi connectivity index (χ1) is 10.3. The van der Waals surface area contributed by atoms with E-state index < -0.39 is 17.8 Å². The fourth-order valence-electron chi connectivity index (χ4n) is 1.95. The number of aromatic nitrogens is 1. The molecule has 0 aliphatic carbocycles. The van der Waals surface area contributed by atoms with Crippen LogP contribution >= 0.6 is 11.6 Å². The highest BCUT2D eigenvalue weighted by Crippen LogP contribution is 2.22. The number of nitrogens with zero attached hydrogens (tertiary/aromatic N) is 1. The Kier molecular flexibility index (Phi) is 7.11. The molecule has 0 aliphatic rings. The number of carbonyl (C=O) groups is 2. The number of ether oxygens (including phenoxy) is 1. The number of carboxylic acids is 1. The topological polar surface area (TPSA) is 88.5 Å². The van der Waals surface area contributed by atoms with Gasteiger partial charge in [0, 0.05) is 12.7 Å². The Hall–Kier alpha value is -1.82. The molecular formula is C15H21ClN2O4. The second-order valence-electron chi connectivity index (χ2n) is 5.32. The van der Waals surface area contributed by atoms with Crippen LogP contribution in [0.15, 0.2) is 12.3 Å². The number of carbonyl (C=O) groups excluding carboxylic acids is 1. The quantitative estimate of drug-likeness (QED) is 0.765. The van der Waals surface area contributed by atoms with Crippen molar-refractivity contribution in [2.75, 3.05) is 13.2 Å². The molecule has 0 radical (unpaired) electrons. The number of hydrogen-bond donors (Lipinski definition) is 2. The first kappa shape index (κ1) is 18.2. The Morgan fingerprint density at radius 3 is 2.64 bits per heavy atom. The molecule has 1 heterocycles. The summed E-state index contributed by atoms with van der Waals surface area (Å²) >= 11 is 5.97. The zero-order valence-corrected chi connectivity index (χ0v) is 13.7. The van der Waals surface area contributed by atoms with Crippen molar-refractivity contribution in [3.8, 4) is 5.88 Å². The van der Waals surface area contributed by atoms with Gasteiger partial charge < -0.3 is 15.2 Å². The maximum absolute atomic E-state index is 12.0. The van der Waals surface area contributed by atoms with Crippen LogP contribution in [-0.4, -0.2) is 35.1 Å². The Morgan fingerprint density at radius 2 is 2.14 bits per heavy atom. The number of rotatable bonds is 8. The van der Waals surface area contributed by atoms with Crippen molar-refractivity contribution in [1.29, 1.82) is 0 Å². The van der Waals surface area contributed by atoms with Crippen LogP contribution in [-0.2, 0) is 4.79 Å². The monoisotopic (exact) mass is 328 g/mol. The Labute approximate surface area is 134 Å². The average Bonchev–Trinajstić information content (AvgIpc) is 2.44. The Balaban J connectivity index is 2.68. The SMILES string of the molecule is CCOc1ncc(C(=O)NCC(CC(C)C)C(=O)O)cc1Cl. The highest BCUT2D eigenvalue weighted by Gasteiger charge is 2.20. The third-order valence-electron chi connectivity index (χ3n) is 2.96. The van der Waals surface area contributed by atoms with Crippen molar-refractivity contribution < 1.29 is 19.4 Å². The molecule has 6 nitrogen and oxygen atoms in total. The van der Waals surface area contributed by atoms with Gasteiger partial charge in [0.05, 0.1) is 18.1 Å². The maximum Gasteiger partial charge on any atom is 0.308 e. The second kappa shape index (κ2) is 8.58. The van der Waals surface area contributed by atoms with E-state index in [4.69, 9.17) is 21.4 Å². The molecule has 1 atom stereocenters. The van der Waals surface area contributed by atoms with Crippen LogP contribution in [0.25, 0.3) is 0 Å². The maximum atomic E-state index is 12.0. The fraction of sp³-hybridized carbons (Fsp3) is 0.533. The standard InChI is InChI=1S/C15H21ClN2O4/c1-4-22-14-12(16)6-10(7-18-14)13(19)17-8-11(15(20)21)5-9(2)3/h6-7,9,11H,4-5,8H2,1-3H3,(H,17,19)(H,20,21). The molecule has 0 fully saturated rings. The number of pyridine rings is 1. The molecule has 22 heavy (non-hydrogen) atoms. The summed E-state index contributed by atoms with van der Waals surface area (Å²) in [6.07, 6.45) is 1.85. The average molecular weight is 329 g/mol. The van der Waals surface area contributed by atoms with Crippen LogP contribution < -0.4 is 10.1 Å². The summed E-state index contributed by atoms with van der Waals surface area (Å²) in [4.78, 5) is 27.2. The number of aliphatic carboxylic acids is 1. The van der Waals surface area contributed by atoms with Crippen LogP contribution in [0.5, 0.6) is 5.88 Å². The molecule has 0 aromatic carbocycles. The van der Waals surface area contributed by atoms with Gasteiger partial charge in [-0.05, 0) is 25.3 Å². The third kappa shape index (κ3) is 5.52. The zero-order valence-electron chi connectivity index (χ0n) is 12.9. The predicted octanol–water partition coefficient (Wildman–Crippen LogP) is 2.61. The first-order valence-corrected chi connectivity index (χ1v) is 7.52. The minimum Gasteiger partial charge on any atom is -0.481 e. The Morgan fingerprint density at radius 1 is 1.45 bits per heavy atom. The van der Waals surface area contributed by atoms with E-state index in [1.807, 2.05) is 13.8 Å². The van der Waals surface area contributed by atoms with Crippen LogP contribution in [0.1, 0.15) is 37.6 Å². The van der Waals surface area contributed by atoms with Crippen molar-refractivity contribution in [2.45, 2.75) is 27.2 Å². The van der Waals surface area contributed by atoms with Gasteiger partial charge in [-0.1, -0.05) is 25.4 Å². The van der Waals surface area contributed by atoms with Gasteiger partial charge in [0.1, 0.15) is 5.02 Å². The summed E-state index contributed by atoms with van der Waals surface area (Å²) in [7, 11) is 0. The van der Waals surface area contributed by atoms with E-state index in [0.29, 0.717) is 13.0 Å². The lowest BCUT2D eigenvalue weighted by Crippen LogP contribution is -2.33. The lowest BCUT2D eigenvalue weighted by atomic mass is 9.97. The van der Waals surface area contributed by atoms with E-state index >= 15 is 0 Å². The fourth-order valence-corrected chi connectivity index (χ4v) is 2.17. The molecule has 0 spiro atoms. The highest BCUT2D eigenvalue weighted by molar-refractivity contribution is 6.32. The van der Waals surface area contributed by atoms with E-state index in [-0.39, 0.29) is 28.9 Å². The molecule has 1 rings (SSSR count). The number of hydrogen-bond acceptors (Lipinski definition) is 4. The van der Waals surface area contributed by atoms with E-state index in [9.17, 15) is 9.59 Å². The second-order valence-corrected chi connectivity index (χ2v) is 5.73. The number of nitrogens with one attached hydrogen (secondary N) is 1. The van der Waals surface area contributed by atoms with E-state index in [2.05, 4.69) is 10.3 Å². The van der Waals surface area contributed by atoms with E-state index in [0.717, 1.165) is 0 Å². The summed E-state index contributed by atoms with van der Waals surface area (Å²) in [5.41, 5.74) is 0.266. The summed E-state index contributed by atoms with van der Waals surface area (Å²) in [5, 5.41) is 12.0. The molecule has 1 amide bonds. The van der Waals surface area contributed by atoms with Gasteiger partial charge in [-0.15, -0.1) is 0 Å². The first-order valence-electron chi connectivity index (χ1n) is 7.14. The Bertz CT molecular complexity index is 534. The third-order valence-corrected chi connectivity index (χ3v) is 3.24. The van der Waals surface area contributed by atoms with Crippen LogP contribution in [0.2, 0.25) is 5.02 Å². The van der Waals surface area contributed by atoms with Gasteiger partial charge in [0.15, 0.2) is 0 Å². The highest BCUT2D eigenvalue weighted by atomic mass is 35.5. The minimum absolute atomic E-state index is 0.0666. The number of carboxylic acid groups (broad SMARTS) is 1. The molecule has 1 aromatic heterocycles. The molecule has 0 saturated carbocycles. The molecule has 122 valence electrons. The molecule has 0 bridgehead atoms. The molecule has 0 saturated heterocycles. The van der Waals surface area contributed by atoms with Crippen molar-refractivity contribution in [3.63, 3.8) is 0 Å². The molecule has 2 N–H and O–H groups in total. The lowest BCUT2D eigenvalue weighted by Gasteiger charge is -2.15. The van der Waals surface area contributed by atoms with E-state index in [1.165, 1.54) is 12.3 Å². The zero-order chi connectivity index (χ0) is 16.7. The largest absolute Gasteiger partial charge is 0.481 e. The summed E-state index contributed by atoms with van der Waals surface area (Å²) < 4.78 is 5.19. The van der Waals surface area contributed by atoms with Gasteiger partial charge in [0.2, 0.25) is 5.88 Å². The lowest BCUT2D eigenvalue weighted by molar-refractivity contribution is -0.142. The minimum atomic E-state index is -0.920.